The smallest absolute Gasteiger partial charge is 0.268 e. The molecule has 1 fully saturated rings. The molecule has 1 aliphatic heterocycles. The number of likely N-dealkylation sites (tertiary alicyclic amines) is 1. The second kappa shape index (κ2) is 7.81. The van der Waals surface area contributed by atoms with Crippen molar-refractivity contribution in [1.82, 2.24) is 15.2 Å². The molecule has 24 heavy (non-hydrogen) atoms. The maximum absolute atomic E-state index is 12.2. The third kappa shape index (κ3) is 4.25. The predicted molar refractivity (Wildman–Crippen MR) is 92.6 cm³/mol. The molecule has 5 heteroatoms. The van der Waals surface area contributed by atoms with Gasteiger partial charge in [0, 0.05) is 19.3 Å². The highest BCUT2D eigenvalue weighted by atomic mass is 16.2. The van der Waals surface area contributed by atoms with Crippen LogP contribution in [-0.2, 0) is 11.2 Å². The van der Waals surface area contributed by atoms with Crippen LogP contribution < -0.4 is 5.32 Å². The molecule has 1 aromatic heterocycles. The zero-order valence-corrected chi connectivity index (χ0v) is 13.7. The Labute approximate surface area is 142 Å². The van der Waals surface area contributed by atoms with Gasteiger partial charge < -0.3 is 15.2 Å². The first-order chi connectivity index (χ1) is 11.7. The van der Waals surface area contributed by atoms with Crippen molar-refractivity contribution < 1.29 is 9.59 Å². The van der Waals surface area contributed by atoms with Crippen LogP contribution in [0.1, 0.15) is 28.9 Å². The summed E-state index contributed by atoms with van der Waals surface area (Å²) in [6.45, 7) is 1.60. The number of amides is 2. The average molecular weight is 325 g/mol. The number of carbonyl (C=O) groups is 2. The monoisotopic (exact) mass is 325 g/mol. The van der Waals surface area contributed by atoms with Gasteiger partial charge in [-0.1, -0.05) is 30.3 Å². The van der Waals surface area contributed by atoms with E-state index in [-0.39, 0.29) is 18.4 Å². The van der Waals surface area contributed by atoms with Gasteiger partial charge in [-0.15, -0.1) is 0 Å². The lowest BCUT2D eigenvalue weighted by Gasteiger charge is -2.32. The summed E-state index contributed by atoms with van der Waals surface area (Å²) in [5.74, 6) is 0.380. The molecule has 1 saturated heterocycles. The van der Waals surface area contributed by atoms with Crippen molar-refractivity contribution in [3.63, 3.8) is 0 Å². The molecule has 0 atom stereocenters. The summed E-state index contributed by atoms with van der Waals surface area (Å²) < 4.78 is 0. The summed E-state index contributed by atoms with van der Waals surface area (Å²) >= 11 is 0. The lowest BCUT2D eigenvalue weighted by atomic mass is 9.90. The molecule has 126 valence electrons. The maximum atomic E-state index is 12.2. The number of hydrogen-bond donors (Lipinski definition) is 2. The van der Waals surface area contributed by atoms with E-state index in [0.29, 0.717) is 11.6 Å². The van der Waals surface area contributed by atoms with Crippen LogP contribution in [0.4, 0.5) is 0 Å². The summed E-state index contributed by atoms with van der Waals surface area (Å²) in [5, 5.41) is 2.67. The number of H-pyrrole nitrogens is 1. The Balaban J connectivity index is 1.41. The van der Waals surface area contributed by atoms with Crippen molar-refractivity contribution in [3.8, 4) is 0 Å². The molecule has 3 rings (SSSR count). The molecule has 0 unspecified atom stereocenters. The minimum absolute atomic E-state index is 0.00642. The van der Waals surface area contributed by atoms with E-state index in [0.717, 1.165) is 32.4 Å². The number of hydrogen-bond acceptors (Lipinski definition) is 2. The van der Waals surface area contributed by atoms with Crippen LogP contribution in [0.15, 0.2) is 48.7 Å². The van der Waals surface area contributed by atoms with Gasteiger partial charge in [0.15, 0.2) is 0 Å². The number of nitrogens with one attached hydrogen (secondary N) is 2. The van der Waals surface area contributed by atoms with Gasteiger partial charge in [0.1, 0.15) is 5.69 Å². The van der Waals surface area contributed by atoms with Crippen molar-refractivity contribution in [3.05, 3.63) is 59.9 Å². The van der Waals surface area contributed by atoms with Crippen LogP contribution in [0, 0.1) is 5.92 Å². The number of aromatic amines is 1. The number of aromatic nitrogens is 1. The van der Waals surface area contributed by atoms with Gasteiger partial charge in [-0.05, 0) is 42.9 Å². The van der Waals surface area contributed by atoms with Gasteiger partial charge in [0.25, 0.3) is 5.91 Å². The Bertz CT molecular complexity index is 659. The second-order valence-electron chi connectivity index (χ2n) is 6.28. The quantitative estimate of drug-likeness (QED) is 0.885. The van der Waals surface area contributed by atoms with E-state index < -0.39 is 0 Å². The highest BCUT2D eigenvalue weighted by molar-refractivity contribution is 5.94. The first-order valence-electron chi connectivity index (χ1n) is 8.45. The molecule has 0 spiro atoms. The molecular weight excluding hydrogens is 302 g/mol. The third-order valence-corrected chi connectivity index (χ3v) is 4.58. The van der Waals surface area contributed by atoms with Crippen LogP contribution in [0.2, 0.25) is 0 Å². The van der Waals surface area contributed by atoms with Crippen LogP contribution in [0.3, 0.4) is 0 Å². The van der Waals surface area contributed by atoms with Crippen molar-refractivity contribution in [2.75, 3.05) is 19.6 Å². The highest BCUT2D eigenvalue weighted by Crippen LogP contribution is 2.21. The normalized spacial score (nSPS) is 15.2. The Morgan fingerprint density at radius 2 is 1.83 bits per heavy atom. The predicted octanol–water partition coefficient (Wildman–Crippen LogP) is 2.23. The van der Waals surface area contributed by atoms with E-state index in [1.807, 2.05) is 11.0 Å². The molecule has 0 saturated carbocycles. The summed E-state index contributed by atoms with van der Waals surface area (Å²) in [6, 6.07) is 13.9. The molecule has 2 aromatic rings. The minimum Gasteiger partial charge on any atom is -0.357 e. The molecule has 0 radical (unpaired) electrons. The van der Waals surface area contributed by atoms with E-state index in [1.54, 1.807) is 18.3 Å². The standard InChI is InChI=1S/C19H23N3O2/c23-18(14-21-19(24)17-7-4-10-20-17)22-11-8-16(9-12-22)13-15-5-2-1-3-6-15/h1-7,10,16,20H,8-9,11-14H2,(H,21,24). The van der Waals surface area contributed by atoms with Gasteiger partial charge in [-0.25, -0.2) is 0 Å². The maximum Gasteiger partial charge on any atom is 0.268 e. The zero-order valence-electron chi connectivity index (χ0n) is 13.7. The average Bonchev–Trinajstić information content (AvgIpc) is 3.16. The first kappa shape index (κ1) is 16.3. The summed E-state index contributed by atoms with van der Waals surface area (Å²) in [4.78, 5) is 28.8. The summed E-state index contributed by atoms with van der Waals surface area (Å²) in [6.07, 6.45) is 4.80. The van der Waals surface area contributed by atoms with Crippen molar-refractivity contribution in [2.45, 2.75) is 19.3 Å². The fourth-order valence-electron chi connectivity index (χ4n) is 3.17. The topological polar surface area (TPSA) is 65.2 Å². The fourth-order valence-corrected chi connectivity index (χ4v) is 3.17. The molecular formula is C19H23N3O2. The molecule has 1 aliphatic rings. The number of piperidine rings is 1. The van der Waals surface area contributed by atoms with E-state index >= 15 is 0 Å². The molecule has 2 heterocycles. The summed E-state index contributed by atoms with van der Waals surface area (Å²) in [5.41, 5.74) is 1.84. The minimum atomic E-state index is -0.243. The lowest BCUT2D eigenvalue weighted by Crippen LogP contribution is -2.44. The lowest BCUT2D eigenvalue weighted by molar-refractivity contribution is -0.131. The van der Waals surface area contributed by atoms with Crippen molar-refractivity contribution in [1.29, 1.82) is 0 Å². The van der Waals surface area contributed by atoms with Gasteiger partial charge in [-0.3, -0.25) is 9.59 Å². The number of benzene rings is 1. The Kier molecular flexibility index (Phi) is 5.31. The zero-order chi connectivity index (χ0) is 16.8. The van der Waals surface area contributed by atoms with Crippen LogP contribution >= 0.6 is 0 Å². The largest absolute Gasteiger partial charge is 0.357 e. The van der Waals surface area contributed by atoms with E-state index in [9.17, 15) is 9.59 Å². The van der Waals surface area contributed by atoms with Crippen molar-refractivity contribution in [2.24, 2.45) is 5.92 Å². The number of nitrogens with zero attached hydrogens (tertiary/aromatic N) is 1. The molecule has 0 aliphatic carbocycles. The van der Waals surface area contributed by atoms with Crippen LogP contribution in [-0.4, -0.2) is 41.3 Å². The first-order valence-corrected chi connectivity index (χ1v) is 8.45. The SMILES string of the molecule is O=C(NCC(=O)N1CCC(Cc2ccccc2)CC1)c1ccc[nH]1. The molecule has 0 bridgehead atoms. The summed E-state index contributed by atoms with van der Waals surface area (Å²) in [7, 11) is 0. The second-order valence-corrected chi connectivity index (χ2v) is 6.28. The molecule has 1 aromatic carbocycles. The Hall–Kier alpha value is -2.56. The molecule has 2 amide bonds. The Morgan fingerprint density at radius 3 is 2.50 bits per heavy atom. The van der Waals surface area contributed by atoms with Crippen LogP contribution in [0.5, 0.6) is 0 Å². The molecule has 2 N–H and O–H groups in total. The number of carbonyl (C=O) groups excluding carboxylic acids is 2. The third-order valence-electron chi connectivity index (χ3n) is 4.58. The van der Waals surface area contributed by atoms with Crippen LogP contribution in [0.25, 0.3) is 0 Å². The Morgan fingerprint density at radius 1 is 1.08 bits per heavy atom. The molecule has 5 nitrogen and oxygen atoms in total. The highest BCUT2D eigenvalue weighted by Gasteiger charge is 2.23. The fraction of sp³-hybridized carbons (Fsp3) is 0.368. The number of rotatable bonds is 5. The van der Waals surface area contributed by atoms with Gasteiger partial charge in [0.05, 0.1) is 6.54 Å². The van der Waals surface area contributed by atoms with Gasteiger partial charge in [-0.2, -0.15) is 0 Å². The van der Waals surface area contributed by atoms with Gasteiger partial charge >= 0.3 is 0 Å². The van der Waals surface area contributed by atoms with E-state index in [4.69, 9.17) is 0 Å². The van der Waals surface area contributed by atoms with Gasteiger partial charge in [0.2, 0.25) is 5.91 Å². The van der Waals surface area contributed by atoms with E-state index in [2.05, 4.69) is 34.6 Å². The van der Waals surface area contributed by atoms with Crippen molar-refractivity contribution >= 4 is 11.8 Å². The van der Waals surface area contributed by atoms with E-state index in [1.165, 1.54) is 5.56 Å².